The number of nitrogens with zero attached hydrogens (tertiary/aromatic N) is 3. The Morgan fingerprint density at radius 1 is 1.24 bits per heavy atom. The SMILES string of the molecule is COCCn1c(C)cc(C)c(C(=O)N[C@@H](c2ccccc2)c2nccn2C)c1=O. The number of ether oxygens (including phenoxy) is 1. The standard InChI is InChI=1S/C22H26N4O3/c1-15-14-16(2)26(12-13-29-4)22(28)18(15)21(27)24-19(17-8-6-5-7-9-17)20-23-10-11-25(20)3/h5-11,14,19H,12-13H2,1-4H3,(H,24,27)/t19-/m0/s1. The first-order valence-corrected chi connectivity index (χ1v) is 9.47. The molecule has 0 aliphatic heterocycles. The van der Waals surface area contributed by atoms with Crippen LogP contribution in [0.5, 0.6) is 0 Å². The van der Waals surface area contributed by atoms with Gasteiger partial charge in [-0.2, -0.15) is 0 Å². The van der Waals surface area contributed by atoms with Crippen LogP contribution in [0.2, 0.25) is 0 Å². The number of aryl methyl sites for hydroxylation is 3. The molecular weight excluding hydrogens is 368 g/mol. The van der Waals surface area contributed by atoms with Gasteiger partial charge in [0.25, 0.3) is 11.5 Å². The van der Waals surface area contributed by atoms with Crippen molar-refractivity contribution in [1.29, 1.82) is 0 Å². The third-order valence-electron chi connectivity index (χ3n) is 4.98. The molecule has 2 aromatic heterocycles. The zero-order chi connectivity index (χ0) is 21.0. The number of pyridine rings is 1. The van der Waals surface area contributed by atoms with Gasteiger partial charge in [-0.15, -0.1) is 0 Å². The molecule has 0 aliphatic carbocycles. The van der Waals surface area contributed by atoms with Crippen LogP contribution < -0.4 is 10.9 Å². The molecule has 0 saturated carbocycles. The number of aromatic nitrogens is 3. The number of nitrogens with one attached hydrogen (secondary N) is 1. The van der Waals surface area contributed by atoms with E-state index in [0.717, 1.165) is 11.3 Å². The Labute approximate surface area is 170 Å². The van der Waals surface area contributed by atoms with E-state index in [1.165, 1.54) is 0 Å². The van der Waals surface area contributed by atoms with E-state index in [1.54, 1.807) is 24.8 Å². The Morgan fingerprint density at radius 3 is 2.59 bits per heavy atom. The summed E-state index contributed by atoms with van der Waals surface area (Å²) in [7, 11) is 3.46. The molecule has 7 heteroatoms. The lowest BCUT2D eigenvalue weighted by molar-refractivity contribution is 0.0938. The Hall–Kier alpha value is -3.19. The number of hydrogen-bond acceptors (Lipinski definition) is 4. The van der Waals surface area contributed by atoms with E-state index in [-0.39, 0.29) is 11.1 Å². The molecule has 0 spiro atoms. The molecule has 0 fully saturated rings. The maximum Gasteiger partial charge on any atom is 0.263 e. The molecule has 2 heterocycles. The van der Waals surface area contributed by atoms with E-state index < -0.39 is 11.9 Å². The number of hydrogen-bond donors (Lipinski definition) is 1. The molecule has 1 atom stereocenters. The number of benzene rings is 1. The van der Waals surface area contributed by atoms with Crippen LogP contribution in [0.3, 0.4) is 0 Å². The molecule has 1 N–H and O–H groups in total. The molecule has 7 nitrogen and oxygen atoms in total. The summed E-state index contributed by atoms with van der Waals surface area (Å²) >= 11 is 0. The van der Waals surface area contributed by atoms with Crippen molar-refractivity contribution in [2.24, 2.45) is 7.05 Å². The summed E-state index contributed by atoms with van der Waals surface area (Å²) in [6.07, 6.45) is 3.51. The average Bonchev–Trinajstić information content (AvgIpc) is 3.12. The highest BCUT2D eigenvalue weighted by Crippen LogP contribution is 2.21. The van der Waals surface area contributed by atoms with Crippen molar-refractivity contribution in [3.05, 3.63) is 87.4 Å². The highest BCUT2D eigenvalue weighted by molar-refractivity contribution is 5.95. The Kier molecular flexibility index (Phi) is 6.29. The Balaban J connectivity index is 2.01. The van der Waals surface area contributed by atoms with E-state index in [0.29, 0.717) is 24.5 Å². The fourth-order valence-electron chi connectivity index (χ4n) is 3.46. The number of carbonyl (C=O) groups excluding carboxylic acids is 1. The Morgan fingerprint density at radius 2 is 1.97 bits per heavy atom. The van der Waals surface area contributed by atoms with Gasteiger partial charge in [0.2, 0.25) is 0 Å². The maximum atomic E-state index is 13.2. The van der Waals surface area contributed by atoms with Gasteiger partial charge in [-0.1, -0.05) is 30.3 Å². The summed E-state index contributed by atoms with van der Waals surface area (Å²) in [5, 5.41) is 3.01. The first-order valence-electron chi connectivity index (χ1n) is 9.47. The van der Waals surface area contributed by atoms with E-state index in [2.05, 4.69) is 10.3 Å². The van der Waals surface area contributed by atoms with E-state index in [1.807, 2.05) is 61.1 Å². The van der Waals surface area contributed by atoms with Crippen LogP contribution in [0.25, 0.3) is 0 Å². The summed E-state index contributed by atoms with van der Waals surface area (Å²) in [6, 6.07) is 11.0. The lowest BCUT2D eigenvalue weighted by atomic mass is 10.0. The molecule has 1 aromatic carbocycles. The van der Waals surface area contributed by atoms with Crippen LogP contribution in [0.15, 0.2) is 53.6 Å². The fraction of sp³-hybridized carbons (Fsp3) is 0.318. The second kappa shape index (κ2) is 8.87. The molecule has 0 aliphatic rings. The van der Waals surface area contributed by atoms with Gasteiger partial charge >= 0.3 is 0 Å². The summed E-state index contributed by atoms with van der Waals surface area (Å²) in [5.41, 5.74) is 2.15. The largest absolute Gasteiger partial charge is 0.383 e. The van der Waals surface area contributed by atoms with Gasteiger partial charge in [0, 0.05) is 38.8 Å². The van der Waals surface area contributed by atoms with Crippen LogP contribution in [0.4, 0.5) is 0 Å². The van der Waals surface area contributed by atoms with Gasteiger partial charge in [0.1, 0.15) is 17.4 Å². The highest BCUT2D eigenvalue weighted by atomic mass is 16.5. The first kappa shape index (κ1) is 20.5. The summed E-state index contributed by atoms with van der Waals surface area (Å²) in [6.45, 7) is 4.42. The minimum Gasteiger partial charge on any atom is -0.383 e. The van der Waals surface area contributed by atoms with Crippen LogP contribution in [0, 0.1) is 13.8 Å². The topological polar surface area (TPSA) is 78.2 Å². The van der Waals surface area contributed by atoms with Gasteiger partial charge in [0.15, 0.2) is 0 Å². The molecule has 0 radical (unpaired) electrons. The van der Waals surface area contributed by atoms with Crippen LogP contribution in [-0.2, 0) is 18.3 Å². The molecule has 3 aromatic rings. The second-order valence-corrected chi connectivity index (χ2v) is 7.01. The van der Waals surface area contributed by atoms with Gasteiger partial charge < -0.3 is 19.2 Å². The van der Waals surface area contributed by atoms with Gasteiger partial charge in [-0.3, -0.25) is 9.59 Å². The molecule has 0 bridgehead atoms. The number of methoxy groups -OCH3 is 1. The number of amides is 1. The zero-order valence-corrected chi connectivity index (χ0v) is 17.2. The molecule has 0 saturated heterocycles. The molecule has 0 unspecified atom stereocenters. The third kappa shape index (κ3) is 4.30. The zero-order valence-electron chi connectivity index (χ0n) is 17.2. The predicted octanol–water partition coefficient (Wildman–Crippen LogP) is 2.36. The number of carbonyl (C=O) groups is 1. The smallest absolute Gasteiger partial charge is 0.263 e. The monoisotopic (exact) mass is 394 g/mol. The molecule has 1 amide bonds. The van der Waals surface area contributed by atoms with Crippen LogP contribution >= 0.6 is 0 Å². The third-order valence-corrected chi connectivity index (χ3v) is 4.98. The Bertz CT molecular complexity index is 1050. The normalized spacial score (nSPS) is 12.0. The predicted molar refractivity (Wildman–Crippen MR) is 111 cm³/mol. The van der Waals surface area contributed by atoms with E-state index in [4.69, 9.17) is 4.74 Å². The van der Waals surface area contributed by atoms with Crippen molar-refractivity contribution in [2.75, 3.05) is 13.7 Å². The number of rotatable bonds is 7. The fourth-order valence-corrected chi connectivity index (χ4v) is 3.46. The number of imidazole rings is 1. The molecule has 152 valence electrons. The van der Waals surface area contributed by atoms with Crippen molar-refractivity contribution >= 4 is 5.91 Å². The lowest BCUT2D eigenvalue weighted by Crippen LogP contribution is -2.38. The van der Waals surface area contributed by atoms with E-state index in [9.17, 15) is 9.59 Å². The van der Waals surface area contributed by atoms with Crippen molar-refractivity contribution in [3.8, 4) is 0 Å². The molecule has 3 rings (SSSR count). The van der Waals surface area contributed by atoms with Crippen LogP contribution in [-0.4, -0.2) is 33.7 Å². The van der Waals surface area contributed by atoms with Crippen molar-refractivity contribution < 1.29 is 9.53 Å². The van der Waals surface area contributed by atoms with Crippen molar-refractivity contribution in [3.63, 3.8) is 0 Å². The van der Waals surface area contributed by atoms with Gasteiger partial charge in [0.05, 0.1) is 6.61 Å². The quantitative estimate of drug-likeness (QED) is 0.667. The maximum absolute atomic E-state index is 13.2. The summed E-state index contributed by atoms with van der Waals surface area (Å²) < 4.78 is 8.53. The van der Waals surface area contributed by atoms with E-state index >= 15 is 0 Å². The second-order valence-electron chi connectivity index (χ2n) is 7.01. The lowest BCUT2D eigenvalue weighted by Gasteiger charge is -2.20. The minimum absolute atomic E-state index is 0.141. The highest BCUT2D eigenvalue weighted by Gasteiger charge is 2.24. The van der Waals surface area contributed by atoms with Gasteiger partial charge in [-0.05, 0) is 31.0 Å². The van der Waals surface area contributed by atoms with Crippen molar-refractivity contribution in [2.45, 2.75) is 26.4 Å². The first-order chi connectivity index (χ1) is 13.9. The van der Waals surface area contributed by atoms with Gasteiger partial charge in [-0.25, -0.2) is 4.98 Å². The minimum atomic E-state index is -0.476. The molecule has 29 heavy (non-hydrogen) atoms. The average molecular weight is 394 g/mol. The summed E-state index contributed by atoms with van der Waals surface area (Å²) in [5.74, 6) is 0.268. The van der Waals surface area contributed by atoms with Crippen LogP contribution in [0.1, 0.15) is 39.0 Å². The van der Waals surface area contributed by atoms with Crippen molar-refractivity contribution in [1.82, 2.24) is 19.4 Å². The summed E-state index contributed by atoms with van der Waals surface area (Å²) in [4.78, 5) is 30.7. The molecular formula is C22H26N4O3.